The van der Waals surface area contributed by atoms with Gasteiger partial charge in [0.05, 0.1) is 17.1 Å². The summed E-state index contributed by atoms with van der Waals surface area (Å²) in [6, 6.07) is 13.8. The molecule has 214 valence electrons. The van der Waals surface area contributed by atoms with Crippen LogP contribution in [0.1, 0.15) is 26.3 Å². The van der Waals surface area contributed by atoms with E-state index >= 15 is 0 Å². The Morgan fingerprint density at radius 1 is 1.02 bits per heavy atom. The van der Waals surface area contributed by atoms with Gasteiger partial charge in [0.15, 0.2) is 0 Å². The summed E-state index contributed by atoms with van der Waals surface area (Å²) >= 11 is 0. The number of piperazine rings is 1. The van der Waals surface area contributed by atoms with E-state index in [9.17, 15) is 27.5 Å². The van der Waals surface area contributed by atoms with Crippen LogP contribution in [-0.2, 0) is 21.3 Å². The quantitative estimate of drug-likeness (QED) is 0.456. The Hall–Kier alpha value is -4.06. The molecule has 3 aromatic rings. The van der Waals surface area contributed by atoms with Gasteiger partial charge in [0, 0.05) is 50.7 Å². The number of carboxylic acid groups (broad SMARTS) is 1. The first-order valence-corrected chi connectivity index (χ1v) is 14.2. The van der Waals surface area contributed by atoms with E-state index < -0.39 is 33.6 Å². The first-order valence-electron chi connectivity index (χ1n) is 12.7. The fourth-order valence-electron chi connectivity index (χ4n) is 4.44. The fraction of sp³-hybridized carbons (Fsp3) is 0.357. The topological polar surface area (TPSA) is 112 Å². The molecule has 1 N–H and O–H groups in total. The smallest absolute Gasteiger partial charge is 0.410 e. The Balaban J connectivity index is 1.70. The predicted octanol–water partition coefficient (Wildman–Crippen LogP) is 4.70. The monoisotopic (exact) mass is 572 g/mol. The maximum absolute atomic E-state index is 14.9. The normalized spacial score (nSPS) is 14.2. The molecule has 0 radical (unpaired) electrons. The lowest BCUT2D eigenvalue weighted by atomic mass is 10.1. The van der Waals surface area contributed by atoms with E-state index in [0.29, 0.717) is 37.4 Å². The molecule has 1 aromatic heterocycles. The van der Waals surface area contributed by atoms with E-state index in [4.69, 9.17) is 4.74 Å². The van der Waals surface area contributed by atoms with Crippen molar-refractivity contribution in [2.75, 3.05) is 38.1 Å². The Morgan fingerprint density at radius 3 is 2.33 bits per heavy atom. The van der Waals surface area contributed by atoms with Crippen LogP contribution in [0.5, 0.6) is 0 Å². The zero-order valence-corrected chi connectivity index (χ0v) is 23.7. The number of hydrogen-bond donors (Lipinski definition) is 1. The molecule has 12 heteroatoms. The van der Waals surface area contributed by atoms with E-state index in [1.807, 2.05) is 4.90 Å². The molecule has 1 saturated heterocycles. The van der Waals surface area contributed by atoms with Gasteiger partial charge < -0.3 is 24.5 Å². The average molecular weight is 573 g/mol. The molecule has 0 spiro atoms. The molecule has 10 nitrogen and oxygen atoms in total. The highest BCUT2D eigenvalue weighted by atomic mass is 32.2. The molecule has 2 amide bonds. The Morgan fingerprint density at radius 2 is 1.70 bits per heavy atom. The van der Waals surface area contributed by atoms with Crippen LogP contribution in [0.2, 0.25) is 0 Å². The summed E-state index contributed by atoms with van der Waals surface area (Å²) in [4.78, 5) is 28.3. The molecule has 1 aliphatic rings. The van der Waals surface area contributed by atoms with Crippen LogP contribution in [0.15, 0.2) is 65.7 Å². The Labute approximate surface area is 233 Å². The van der Waals surface area contributed by atoms with Crippen LogP contribution < -0.4 is 4.90 Å². The van der Waals surface area contributed by atoms with Crippen LogP contribution >= 0.6 is 0 Å². The minimum Gasteiger partial charge on any atom is -0.465 e. The van der Waals surface area contributed by atoms with Crippen LogP contribution in [0.4, 0.5) is 19.7 Å². The lowest BCUT2D eigenvalue weighted by Gasteiger charge is -2.34. The van der Waals surface area contributed by atoms with Crippen molar-refractivity contribution in [2.45, 2.75) is 37.8 Å². The molecular weight excluding hydrogens is 539 g/mol. The second kappa shape index (κ2) is 11.2. The number of rotatable bonds is 6. The van der Waals surface area contributed by atoms with E-state index in [-0.39, 0.29) is 22.7 Å². The van der Waals surface area contributed by atoms with Gasteiger partial charge in [-0.25, -0.2) is 26.4 Å². The van der Waals surface area contributed by atoms with Gasteiger partial charge in [0.2, 0.25) is 0 Å². The molecule has 0 bridgehead atoms. The number of ether oxygens (including phenoxy) is 1. The summed E-state index contributed by atoms with van der Waals surface area (Å²) < 4.78 is 49.3. The lowest BCUT2D eigenvalue weighted by Crippen LogP contribution is -2.48. The summed E-state index contributed by atoms with van der Waals surface area (Å²) in [5, 5.41) is 9.22. The van der Waals surface area contributed by atoms with Crippen molar-refractivity contribution in [2.24, 2.45) is 0 Å². The summed E-state index contributed by atoms with van der Waals surface area (Å²) in [5.74, 6) is -0.589. The Kier molecular flexibility index (Phi) is 8.10. The van der Waals surface area contributed by atoms with Gasteiger partial charge in [-0.15, -0.1) is 0 Å². The maximum atomic E-state index is 14.9. The third kappa shape index (κ3) is 6.39. The molecule has 0 aliphatic carbocycles. The van der Waals surface area contributed by atoms with Gasteiger partial charge in [-0.3, -0.25) is 0 Å². The average Bonchev–Trinajstić information content (AvgIpc) is 3.32. The summed E-state index contributed by atoms with van der Waals surface area (Å²) in [6.45, 7) is 6.72. The SMILES string of the molecule is CN(Cc1cc(-c2ccccc2F)n(S(=O)(=O)c2cccc(N3CCN(C(=O)O)CC3)c2)c1)C(=O)OC(C)(C)C. The summed E-state index contributed by atoms with van der Waals surface area (Å²) in [7, 11) is -2.66. The van der Waals surface area contributed by atoms with E-state index in [1.54, 1.807) is 45.0 Å². The van der Waals surface area contributed by atoms with Crippen molar-refractivity contribution in [1.82, 2.24) is 13.8 Å². The van der Waals surface area contributed by atoms with Crippen molar-refractivity contribution in [3.8, 4) is 11.3 Å². The van der Waals surface area contributed by atoms with Gasteiger partial charge in [0.1, 0.15) is 11.4 Å². The van der Waals surface area contributed by atoms with Crippen LogP contribution in [0.25, 0.3) is 11.3 Å². The molecule has 1 aliphatic heterocycles. The van der Waals surface area contributed by atoms with Crippen molar-refractivity contribution < 1.29 is 32.2 Å². The Bertz CT molecular complexity index is 1510. The standard InChI is InChI=1S/C28H33FN4O6S/c1-28(2,3)39-27(36)30(4)18-20-16-25(23-10-5-6-11-24(23)29)33(19-20)40(37,38)22-9-7-8-21(17-22)31-12-14-32(15-13-31)26(34)35/h5-11,16-17,19H,12-15,18H2,1-4H3,(H,34,35). The van der Waals surface area contributed by atoms with E-state index in [2.05, 4.69) is 0 Å². The summed E-state index contributed by atoms with van der Waals surface area (Å²) in [5.41, 5.74) is 0.612. The number of aromatic nitrogens is 1. The van der Waals surface area contributed by atoms with Crippen molar-refractivity contribution in [3.05, 3.63) is 72.2 Å². The molecule has 0 atom stereocenters. The fourth-order valence-corrected chi connectivity index (χ4v) is 5.87. The van der Waals surface area contributed by atoms with Crippen molar-refractivity contribution in [3.63, 3.8) is 0 Å². The van der Waals surface area contributed by atoms with Crippen molar-refractivity contribution >= 4 is 27.9 Å². The third-order valence-corrected chi connectivity index (χ3v) is 8.08. The number of amides is 2. The minimum absolute atomic E-state index is 0.00843. The lowest BCUT2D eigenvalue weighted by molar-refractivity contribution is 0.0285. The molecule has 2 heterocycles. The number of carbonyl (C=O) groups excluding carboxylic acids is 1. The van der Waals surface area contributed by atoms with Gasteiger partial charge in [-0.1, -0.05) is 18.2 Å². The molecule has 1 fully saturated rings. The zero-order chi connectivity index (χ0) is 29.2. The van der Waals surface area contributed by atoms with Gasteiger partial charge in [0.25, 0.3) is 10.0 Å². The third-order valence-electron chi connectivity index (χ3n) is 6.41. The molecule has 4 rings (SSSR count). The molecule has 0 saturated carbocycles. The van der Waals surface area contributed by atoms with Crippen LogP contribution in [0.3, 0.4) is 0 Å². The molecule has 2 aromatic carbocycles. The number of nitrogens with zero attached hydrogens (tertiary/aromatic N) is 4. The molecular formula is C28H33FN4O6S. The number of benzene rings is 2. The number of anilines is 1. The van der Waals surface area contributed by atoms with Crippen molar-refractivity contribution in [1.29, 1.82) is 0 Å². The van der Waals surface area contributed by atoms with Gasteiger partial charge in [-0.2, -0.15) is 0 Å². The zero-order valence-electron chi connectivity index (χ0n) is 22.9. The molecule has 0 unspecified atom stereocenters. The number of carbonyl (C=O) groups is 2. The highest BCUT2D eigenvalue weighted by Crippen LogP contribution is 2.31. The van der Waals surface area contributed by atoms with Gasteiger partial charge >= 0.3 is 12.2 Å². The summed E-state index contributed by atoms with van der Waals surface area (Å²) in [6.07, 6.45) is -0.181. The largest absolute Gasteiger partial charge is 0.465 e. The van der Waals surface area contributed by atoms with Crippen LogP contribution in [-0.4, -0.2) is 78.3 Å². The number of halogens is 1. The van der Waals surface area contributed by atoms with E-state index in [0.717, 1.165) is 3.97 Å². The maximum Gasteiger partial charge on any atom is 0.410 e. The van der Waals surface area contributed by atoms with Gasteiger partial charge in [-0.05, 0) is 62.7 Å². The highest BCUT2D eigenvalue weighted by Gasteiger charge is 2.27. The highest BCUT2D eigenvalue weighted by molar-refractivity contribution is 7.90. The predicted molar refractivity (Wildman–Crippen MR) is 148 cm³/mol. The minimum atomic E-state index is -4.20. The molecule has 40 heavy (non-hydrogen) atoms. The second-order valence-electron chi connectivity index (χ2n) is 10.6. The van der Waals surface area contributed by atoms with Crippen LogP contribution in [0, 0.1) is 5.82 Å². The first kappa shape index (κ1) is 28.9. The second-order valence-corrected chi connectivity index (χ2v) is 12.4. The number of hydrogen-bond acceptors (Lipinski definition) is 6. The van der Waals surface area contributed by atoms with E-state index in [1.165, 1.54) is 53.4 Å². The first-order chi connectivity index (χ1) is 18.8.